The van der Waals surface area contributed by atoms with Crippen molar-refractivity contribution in [3.8, 4) is 5.75 Å². The summed E-state index contributed by atoms with van der Waals surface area (Å²) >= 11 is 0. The molecule has 0 radical (unpaired) electrons. The number of alkyl carbamates (subject to hydrolysis) is 1. The lowest BCUT2D eigenvalue weighted by Crippen LogP contribution is -2.73. The monoisotopic (exact) mass is 359 g/mol. The molecular formula is C20H25NO5. The van der Waals surface area contributed by atoms with Crippen molar-refractivity contribution in [2.45, 2.75) is 63.5 Å². The van der Waals surface area contributed by atoms with Gasteiger partial charge in [0.15, 0.2) is 0 Å². The Morgan fingerprint density at radius 3 is 2.58 bits per heavy atom. The van der Waals surface area contributed by atoms with Crippen molar-refractivity contribution < 1.29 is 24.2 Å². The Labute approximate surface area is 152 Å². The lowest BCUT2D eigenvalue weighted by Gasteiger charge is -2.72. The number of nitrogens with one attached hydrogen (secondary N) is 1. The van der Waals surface area contributed by atoms with Gasteiger partial charge in [0, 0.05) is 11.8 Å². The summed E-state index contributed by atoms with van der Waals surface area (Å²) in [4.78, 5) is 23.8. The van der Waals surface area contributed by atoms with Gasteiger partial charge in [-0.25, -0.2) is 9.59 Å². The minimum atomic E-state index is -0.994. The largest absolute Gasteiger partial charge is 0.493 e. The van der Waals surface area contributed by atoms with Gasteiger partial charge in [-0.15, -0.1) is 0 Å². The second-order valence-corrected chi connectivity index (χ2v) is 9.01. The molecule has 4 aliphatic rings. The highest BCUT2D eigenvalue weighted by Gasteiger charge is 2.72. The molecule has 26 heavy (non-hydrogen) atoms. The van der Waals surface area contributed by atoms with Gasteiger partial charge in [0.2, 0.25) is 0 Å². The number of fused-ring (bicyclic) bond motifs is 1. The first-order chi connectivity index (χ1) is 12.1. The Hall–Kier alpha value is -2.24. The van der Waals surface area contributed by atoms with Crippen LogP contribution in [0.4, 0.5) is 4.79 Å². The number of hydrogen-bond acceptors (Lipinski definition) is 4. The highest BCUT2D eigenvalue weighted by atomic mass is 16.6. The Balaban J connectivity index is 1.45. The van der Waals surface area contributed by atoms with Crippen LogP contribution in [0.15, 0.2) is 18.2 Å². The third-order valence-electron chi connectivity index (χ3n) is 5.89. The first kappa shape index (κ1) is 17.2. The maximum Gasteiger partial charge on any atom is 0.408 e. The number of carbonyl (C=O) groups excluding carboxylic acids is 1. The summed E-state index contributed by atoms with van der Waals surface area (Å²) in [6.07, 6.45) is 2.62. The van der Waals surface area contributed by atoms with E-state index in [4.69, 9.17) is 9.47 Å². The molecule has 1 heterocycles. The van der Waals surface area contributed by atoms with E-state index in [1.54, 1.807) is 20.8 Å². The van der Waals surface area contributed by atoms with E-state index >= 15 is 0 Å². The van der Waals surface area contributed by atoms with Crippen molar-refractivity contribution in [1.29, 1.82) is 0 Å². The number of carboxylic acid groups (broad SMARTS) is 1. The summed E-state index contributed by atoms with van der Waals surface area (Å²) in [5.74, 6) is -0.0309. The van der Waals surface area contributed by atoms with Gasteiger partial charge < -0.3 is 19.9 Å². The van der Waals surface area contributed by atoms with Crippen molar-refractivity contribution in [2.24, 2.45) is 5.41 Å². The third-order valence-corrected chi connectivity index (χ3v) is 5.89. The number of amides is 1. The molecule has 6 nitrogen and oxygen atoms in total. The van der Waals surface area contributed by atoms with Crippen molar-refractivity contribution >= 4 is 12.1 Å². The number of hydrogen-bond donors (Lipinski definition) is 2. The minimum Gasteiger partial charge on any atom is -0.493 e. The molecular weight excluding hydrogens is 334 g/mol. The Bertz CT molecular complexity index is 759. The van der Waals surface area contributed by atoms with Gasteiger partial charge in [-0.05, 0) is 62.6 Å². The van der Waals surface area contributed by atoms with Crippen LogP contribution in [0, 0.1) is 5.41 Å². The smallest absolute Gasteiger partial charge is 0.408 e. The molecule has 0 aromatic heterocycles. The van der Waals surface area contributed by atoms with Crippen LogP contribution in [-0.2, 0) is 21.4 Å². The number of benzene rings is 1. The molecule has 3 saturated carbocycles. The van der Waals surface area contributed by atoms with Crippen LogP contribution < -0.4 is 10.1 Å². The van der Waals surface area contributed by atoms with E-state index in [9.17, 15) is 14.7 Å². The second-order valence-electron chi connectivity index (χ2n) is 9.01. The molecule has 6 heteroatoms. The molecule has 3 fully saturated rings. The van der Waals surface area contributed by atoms with E-state index in [0.29, 0.717) is 0 Å². The topological polar surface area (TPSA) is 84.9 Å². The molecule has 1 unspecified atom stereocenters. The highest BCUT2D eigenvalue weighted by Crippen LogP contribution is 2.75. The molecule has 2 bridgehead atoms. The third kappa shape index (κ3) is 2.63. The molecule has 1 amide bonds. The highest BCUT2D eigenvalue weighted by molar-refractivity contribution is 5.82. The minimum absolute atomic E-state index is 0.0565. The van der Waals surface area contributed by atoms with Gasteiger partial charge in [-0.1, -0.05) is 12.1 Å². The fourth-order valence-electron chi connectivity index (χ4n) is 4.90. The van der Waals surface area contributed by atoms with Crippen LogP contribution in [0.3, 0.4) is 0 Å². The fraction of sp³-hybridized carbons (Fsp3) is 0.600. The zero-order valence-corrected chi connectivity index (χ0v) is 15.4. The van der Waals surface area contributed by atoms with Crippen molar-refractivity contribution in [3.05, 3.63) is 29.3 Å². The van der Waals surface area contributed by atoms with Crippen molar-refractivity contribution in [1.82, 2.24) is 5.32 Å². The maximum atomic E-state index is 12.0. The molecule has 0 saturated heterocycles. The summed E-state index contributed by atoms with van der Waals surface area (Å²) in [7, 11) is 0. The molecule has 1 aliphatic heterocycles. The number of carboxylic acids is 1. The predicted octanol–water partition coefficient (Wildman–Crippen LogP) is 3.02. The molecule has 2 N–H and O–H groups in total. The average molecular weight is 359 g/mol. The van der Waals surface area contributed by atoms with Gasteiger partial charge >= 0.3 is 12.1 Å². The number of ether oxygens (including phenoxy) is 2. The standard InChI is InChI=1S/C20H25NO5/c1-18(2,3)26-17(24)21-15(16(22)23)20-9-19(10-20,11-20)13-4-5-14-12(8-13)6-7-25-14/h4-5,8,15H,6-7,9-11H2,1-3H3,(H,21,24)(H,22,23). The first-order valence-electron chi connectivity index (χ1n) is 9.11. The van der Waals surface area contributed by atoms with Gasteiger partial charge in [0.1, 0.15) is 17.4 Å². The Morgan fingerprint density at radius 2 is 1.96 bits per heavy atom. The Morgan fingerprint density at radius 1 is 1.27 bits per heavy atom. The normalized spacial score (nSPS) is 29.5. The van der Waals surface area contributed by atoms with Gasteiger partial charge in [0.05, 0.1) is 6.61 Å². The Kier molecular flexibility index (Phi) is 3.56. The fourth-order valence-corrected chi connectivity index (χ4v) is 4.90. The SMILES string of the molecule is CC(C)(C)OC(=O)NC(C(=O)O)C12CC(c3ccc4c(c3)CCO4)(C1)C2. The van der Waals surface area contributed by atoms with Crippen LogP contribution in [0.1, 0.15) is 51.2 Å². The molecule has 140 valence electrons. The van der Waals surface area contributed by atoms with E-state index in [1.165, 1.54) is 11.1 Å². The predicted molar refractivity (Wildman–Crippen MR) is 94.4 cm³/mol. The molecule has 0 spiro atoms. The summed E-state index contributed by atoms with van der Waals surface area (Å²) in [6.45, 7) is 6.01. The van der Waals surface area contributed by atoms with Crippen molar-refractivity contribution in [3.63, 3.8) is 0 Å². The summed E-state index contributed by atoms with van der Waals surface area (Å²) < 4.78 is 10.8. The molecule has 3 aliphatic carbocycles. The second kappa shape index (κ2) is 5.38. The lowest BCUT2D eigenvalue weighted by atomic mass is 9.31. The zero-order valence-electron chi connectivity index (χ0n) is 15.4. The molecule has 5 rings (SSSR count). The molecule has 1 aromatic rings. The average Bonchev–Trinajstić information content (AvgIpc) is 2.88. The van der Waals surface area contributed by atoms with Crippen LogP contribution in [-0.4, -0.2) is 35.4 Å². The number of rotatable bonds is 4. The van der Waals surface area contributed by atoms with Crippen molar-refractivity contribution in [2.75, 3.05) is 6.61 Å². The quantitative estimate of drug-likeness (QED) is 0.863. The number of carbonyl (C=O) groups is 2. The number of aliphatic carboxylic acids is 1. The summed E-state index contributed by atoms with van der Waals surface area (Å²) in [6, 6.07) is 5.43. The van der Waals surface area contributed by atoms with Gasteiger partial charge in [-0.2, -0.15) is 0 Å². The summed E-state index contributed by atoms with van der Waals surface area (Å²) in [5, 5.41) is 12.2. The first-order valence-corrected chi connectivity index (χ1v) is 9.11. The molecule has 1 aromatic carbocycles. The van der Waals surface area contributed by atoms with Gasteiger partial charge in [0.25, 0.3) is 0 Å². The van der Waals surface area contributed by atoms with E-state index in [1.807, 2.05) is 6.07 Å². The maximum absolute atomic E-state index is 12.0. The zero-order chi connectivity index (χ0) is 18.7. The van der Waals surface area contributed by atoms with E-state index < -0.39 is 23.7 Å². The van der Waals surface area contributed by atoms with E-state index in [-0.39, 0.29) is 10.8 Å². The van der Waals surface area contributed by atoms with E-state index in [0.717, 1.165) is 38.0 Å². The van der Waals surface area contributed by atoms with Gasteiger partial charge in [-0.3, -0.25) is 0 Å². The van der Waals surface area contributed by atoms with Crippen LogP contribution in [0.25, 0.3) is 0 Å². The van der Waals surface area contributed by atoms with E-state index in [2.05, 4.69) is 17.4 Å². The van der Waals surface area contributed by atoms with Crippen LogP contribution in [0.5, 0.6) is 5.75 Å². The lowest BCUT2D eigenvalue weighted by molar-refractivity contribution is -0.183. The van der Waals surface area contributed by atoms with Crippen LogP contribution >= 0.6 is 0 Å². The summed E-state index contributed by atoms with van der Waals surface area (Å²) in [5.41, 5.74) is 1.55. The van der Waals surface area contributed by atoms with Crippen LogP contribution in [0.2, 0.25) is 0 Å². The molecule has 1 atom stereocenters.